The van der Waals surface area contributed by atoms with Crippen LogP contribution in [0.2, 0.25) is 0 Å². The van der Waals surface area contributed by atoms with Crippen molar-refractivity contribution in [1.82, 2.24) is 5.32 Å². The van der Waals surface area contributed by atoms with E-state index in [4.69, 9.17) is 9.47 Å². The Labute approximate surface area is 287 Å². The summed E-state index contributed by atoms with van der Waals surface area (Å²) in [6.07, 6.45) is 34.1. The predicted molar refractivity (Wildman–Crippen MR) is 198 cm³/mol. The maximum atomic E-state index is 12.8. The predicted octanol–water partition coefficient (Wildman–Crippen LogP) is 12.3. The van der Waals surface area contributed by atoms with Crippen LogP contribution in [-0.2, 0) is 19.1 Å². The number of nitrogens with one attached hydrogen (secondary N) is 1. The van der Waals surface area contributed by atoms with E-state index in [0.717, 1.165) is 96.6 Å². The highest BCUT2D eigenvalue weighted by atomic mass is 16.5. The van der Waals surface area contributed by atoms with Crippen LogP contribution in [-0.4, -0.2) is 38.2 Å². The van der Waals surface area contributed by atoms with Gasteiger partial charge in [-0.3, -0.25) is 9.59 Å². The number of carbonyl (C=O) groups excluding carboxylic acids is 2. The maximum absolute atomic E-state index is 12.8. The molecule has 0 rings (SSSR count). The average Bonchev–Trinajstić information content (AvgIpc) is 3.06. The molecule has 0 radical (unpaired) electrons. The molecule has 0 aliphatic carbocycles. The second kappa shape index (κ2) is 36.7. The van der Waals surface area contributed by atoms with Gasteiger partial charge in [0.2, 0.25) is 0 Å². The van der Waals surface area contributed by atoms with Crippen LogP contribution in [0.4, 0.5) is 0 Å². The van der Waals surface area contributed by atoms with Crippen molar-refractivity contribution in [2.24, 2.45) is 11.8 Å². The monoisotopic (exact) mass is 652 g/mol. The third-order valence-electron chi connectivity index (χ3n) is 9.53. The van der Waals surface area contributed by atoms with Gasteiger partial charge in [-0.25, -0.2) is 0 Å². The Morgan fingerprint density at radius 1 is 0.391 bits per heavy atom. The molecular formula is C41H81NO4. The summed E-state index contributed by atoms with van der Waals surface area (Å²) >= 11 is 0. The van der Waals surface area contributed by atoms with Crippen LogP contribution in [0, 0.1) is 11.8 Å². The lowest BCUT2D eigenvalue weighted by Crippen LogP contribution is -2.20. The highest BCUT2D eigenvalue weighted by Gasteiger charge is 2.20. The van der Waals surface area contributed by atoms with Crippen molar-refractivity contribution in [3.05, 3.63) is 0 Å². The van der Waals surface area contributed by atoms with Crippen molar-refractivity contribution in [2.45, 2.75) is 214 Å². The van der Waals surface area contributed by atoms with Gasteiger partial charge in [-0.15, -0.1) is 0 Å². The van der Waals surface area contributed by atoms with Crippen LogP contribution in [0.15, 0.2) is 0 Å². The fourth-order valence-electron chi connectivity index (χ4n) is 6.32. The largest absolute Gasteiger partial charge is 0.465 e. The van der Waals surface area contributed by atoms with Crippen molar-refractivity contribution in [3.63, 3.8) is 0 Å². The summed E-state index contributed by atoms with van der Waals surface area (Å²) < 4.78 is 11.5. The molecule has 0 bridgehead atoms. The Balaban J connectivity index is 3.99. The molecule has 0 aromatic heterocycles. The maximum Gasteiger partial charge on any atom is 0.308 e. The summed E-state index contributed by atoms with van der Waals surface area (Å²) in [4.78, 5) is 25.6. The molecule has 2 unspecified atom stereocenters. The lowest BCUT2D eigenvalue weighted by Gasteiger charge is -2.16. The number of esters is 2. The first kappa shape index (κ1) is 44.9. The van der Waals surface area contributed by atoms with Gasteiger partial charge in [-0.1, -0.05) is 156 Å². The van der Waals surface area contributed by atoms with Gasteiger partial charge < -0.3 is 14.8 Å². The Morgan fingerprint density at radius 2 is 0.674 bits per heavy atom. The van der Waals surface area contributed by atoms with Crippen molar-refractivity contribution < 1.29 is 19.1 Å². The number of hydrogen-bond donors (Lipinski definition) is 1. The second-order valence-electron chi connectivity index (χ2n) is 14.1. The zero-order chi connectivity index (χ0) is 33.8. The molecule has 0 aromatic rings. The standard InChI is InChI=1S/C41H81NO4/c1-5-9-13-17-19-24-32-38(30-22-15-11-7-3)40(43)45-36-28-21-26-34-42-35-27-29-37-46-41(44)39(31-23-16-12-8-4)33-25-20-18-14-10-6-2/h38-39,42H,5-37H2,1-4H3. The summed E-state index contributed by atoms with van der Waals surface area (Å²) in [6.45, 7) is 12.0. The van der Waals surface area contributed by atoms with Crippen molar-refractivity contribution >= 4 is 11.9 Å². The summed E-state index contributed by atoms with van der Waals surface area (Å²) in [5.74, 6) is 0.288. The third-order valence-corrected chi connectivity index (χ3v) is 9.53. The van der Waals surface area contributed by atoms with E-state index >= 15 is 0 Å². The molecule has 2 atom stereocenters. The van der Waals surface area contributed by atoms with E-state index in [0.29, 0.717) is 13.2 Å². The minimum atomic E-state index is 0.0453. The smallest absolute Gasteiger partial charge is 0.308 e. The van der Waals surface area contributed by atoms with Gasteiger partial charge in [0.05, 0.1) is 25.0 Å². The van der Waals surface area contributed by atoms with Gasteiger partial charge in [-0.2, -0.15) is 0 Å². The summed E-state index contributed by atoms with van der Waals surface area (Å²) in [7, 11) is 0. The molecule has 0 aromatic carbocycles. The molecule has 0 fully saturated rings. The van der Waals surface area contributed by atoms with Gasteiger partial charge in [-0.05, 0) is 70.9 Å². The van der Waals surface area contributed by atoms with Gasteiger partial charge in [0.15, 0.2) is 0 Å². The first-order valence-corrected chi connectivity index (χ1v) is 20.6. The van der Waals surface area contributed by atoms with E-state index in [-0.39, 0.29) is 23.8 Å². The van der Waals surface area contributed by atoms with E-state index in [1.54, 1.807) is 0 Å². The minimum absolute atomic E-state index is 0.0453. The highest BCUT2D eigenvalue weighted by Crippen LogP contribution is 2.22. The molecule has 5 nitrogen and oxygen atoms in total. The van der Waals surface area contributed by atoms with E-state index in [1.807, 2.05) is 0 Å². The number of rotatable bonds is 37. The Bertz CT molecular complexity index is 586. The van der Waals surface area contributed by atoms with Crippen LogP contribution >= 0.6 is 0 Å². The summed E-state index contributed by atoms with van der Waals surface area (Å²) in [5, 5.41) is 3.53. The van der Waals surface area contributed by atoms with E-state index in [1.165, 1.54) is 103 Å². The lowest BCUT2D eigenvalue weighted by molar-refractivity contribution is -0.150. The molecule has 0 spiro atoms. The Hall–Kier alpha value is -1.10. The topological polar surface area (TPSA) is 64.6 Å². The molecule has 0 heterocycles. The Morgan fingerprint density at radius 3 is 1.07 bits per heavy atom. The number of carbonyl (C=O) groups is 2. The fraction of sp³-hybridized carbons (Fsp3) is 0.951. The van der Waals surface area contributed by atoms with Crippen LogP contribution in [0.1, 0.15) is 214 Å². The minimum Gasteiger partial charge on any atom is -0.465 e. The van der Waals surface area contributed by atoms with E-state index < -0.39 is 0 Å². The van der Waals surface area contributed by atoms with Gasteiger partial charge in [0, 0.05) is 0 Å². The van der Waals surface area contributed by atoms with Crippen LogP contribution in [0.3, 0.4) is 0 Å². The molecule has 274 valence electrons. The first-order chi connectivity index (χ1) is 22.6. The van der Waals surface area contributed by atoms with Crippen molar-refractivity contribution in [1.29, 1.82) is 0 Å². The molecule has 0 aliphatic heterocycles. The van der Waals surface area contributed by atoms with E-state index in [9.17, 15) is 9.59 Å². The van der Waals surface area contributed by atoms with Gasteiger partial charge in [0.1, 0.15) is 0 Å². The van der Waals surface area contributed by atoms with Crippen molar-refractivity contribution in [3.8, 4) is 0 Å². The van der Waals surface area contributed by atoms with Crippen LogP contribution in [0.5, 0.6) is 0 Å². The first-order valence-electron chi connectivity index (χ1n) is 20.6. The summed E-state index contributed by atoms with van der Waals surface area (Å²) in [5.41, 5.74) is 0. The molecule has 46 heavy (non-hydrogen) atoms. The normalized spacial score (nSPS) is 12.7. The quantitative estimate of drug-likeness (QED) is 0.0535. The third kappa shape index (κ3) is 30.2. The van der Waals surface area contributed by atoms with E-state index in [2.05, 4.69) is 33.0 Å². The zero-order valence-electron chi connectivity index (χ0n) is 31.6. The molecule has 5 heteroatoms. The zero-order valence-corrected chi connectivity index (χ0v) is 31.6. The lowest BCUT2D eigenvalue weighted by atomic mass is 9.94. The molecule has 0 aliphatic rings. The fourth-order valence-corrected chi connectivity index (χ4v) is 6.32. The highest BCUT2D eigenvalue weighted by molar-refractivity contribution is 5.72. The van der Waals surface area contributed by atoms with Crippen molar-refractivity contribution in [2.75, 3.05) is 26.3 Å². The summed E-state index contributed by atoms with van der Waals surface area (Å²) in [6, 6.07) is 0. The molecule has 0 saturated carbocycles. The molecule has 1 N–H and O–H groups in total. The SMILES string of the molecule is CCCCCCCCC(CCCCCC)C(=O)OCCCCCNCCCCOC(=O)C(CCCCCC)CCCCCCCC. The van der Waals surface area contributed by atoms with Crippen LogP contribution < -0.4 is 5.32 Å². The molecule has 0 amide bonds. The molecular weight excluding hydrogens is 570 g/mol. The molecule has 0 saturated heterocycles. The second-order valence-corrected chi connectivity index (χ2v) is 14.1. The number of unbranched alkanes of at least 4 members (excludes halogenated alkanes) is 19. The van der Waals surface area contributed by atoms with Gasteiger partial charge >= 0.3 is 11.9 Å². The Kier molecular flexibility index (Phi) is 35.9. The van der Waals surface area contributed by atoms with Crippen LogP contribution in [0.25, 0.3) is 0 Å². The number of ether oxygens (including phenoxy) is 2. The number of hydrogen-bond acceptors (Lipinski definition) is 5. The average molecular weight is 652 g/mol. The van der Waals surface area contributed by atoms with Gasteiger partial charge in [0.25, 0.3) is 0 Å².